The highest BCUT2D eigenvalue weighted by atomic mass is 16.3. The Morgan fingerprint density at radius 3 is 2.30 bits per heavy atom. The molecule has 1 aliphatic rings. The molecule has 0 bridgehead atoms. The fourth-order valence-corrected chi connectivity index (χ4v) is 3.15. The normalized spacial score (nSPS) is 16.9. The third kappa shape index (κ3) is 5.58. The van der Waals surface area contributed by atoms with Crippen molar-refractivity contribution in [3.63, 3.8) is 0 Å². The Labute approximate surface area is 160 Å². The van der Waals surface area contributed by atoms with Crippen LogP contribution in [0.15, 0.2) is 22.8 Å². The van der Waals surface area contributed by atoms with E-state index in [1.165, 1.54) is 6.26 Å². The number of rotatable bonds is 5. The van der Waals surface area contributed by atoms with Crippen molar-refractivity contribution in [3.05, 3.63) is 24.2 Å². The average Bonchev–Trinajstić information content (AvgIpc) is 3.13. The summed E-state index contributed by atoms with van der Waals surface area (Å²) in [6.07, 6.45) is 2.85. The van der Waals surface area contributed by atoms with Crippen LogP contribution in [0.2, 0.25) is 0 Å². The number of nitrogens with zero attached hydrogens (tertiary/aromatic N) is 1. The lowest BCUT2D eigenvalue weighted by Crippen LogP contribution is -2.55. The molecular weight excluding hydrogens is 346 g/mol. The van der Waals surface area contributed by atoms with Gasteiger partial charge >= 0.3 is 0 Å². The molecule has 3 amide bonds. The summed E-state index contributed by atoms with van der Waals surface area (Å²) in [5.41, 5.74) is -0.394. The van der Waals surface area contributed by atoms with Crippen molar-refractivity contribution in [1.82, 2.24) is 15.5 Å². The Kier molecular flexibility index (Phi) is 6.68. The second kappa shape index (κ2) is 8.59. The van der Waals surface area contributed by atoms with Crippen molar-refractivity contribution in [1.29, 1.82) is 0 Å². The molecule has 2 heterocycles. The molecule has 2 N–H and O–H groups in total. The number of piperidine rings is 1. The number of carbonyl (C=O) groups is 3. The van der Waals surface area contributed by atoms with Crippen molar-refractivity contribution in [2.24, 2.45) is 11.3 Å². The first-order chi connectivity index (χ1) is 12.6. The number of hydrogen-bond acceptors (Lipinski definition) is 4. The number of nitrogens with one attached hydrogen (secondary N) is 2. The molecule has 7 heteroatoms. The maximum atomic E-state index is 12.7. The van der Waals surface area contributed by atoms with Crippen molar-refractivity contribution < 1.29 is 18.8 Å². The SMILES string of the molecule is CC(C)C(NC(=O)c1ccco1)C(=O)NC1CCN(C(=O)C(C)(C)C)CC1. The molecule has 0 aromatic carbocycles. The largest absolute Gasteiger partial charge is 0.459 e. The van der Waals surface area contributed by atoms with E-state index < -0.39 is 17.4 Å². The van der Waals surface area contributed by atoms with Gasteiger partial charge in [0.1, 0.15) is 6.04 Å². The van der Waals surface area contributed by atoms with E-state index in [0.29, 0.717) is 25.9 Å². The van der Waals surface area contributed by atoms with Crippen molar-refractivity contribution in [3.8, 4) is 0 Å². The Bertz CT molecular complexity index is 653. The molecule has 1 aromatic heterocycles. The Hall–Kier alpha value is -2.31. The zero-order chi connectivity index (χ0) is 20.2. The fraction of sp³-hybridized carbons (Fsp3) is 0.650. The highest BCUT2D eigenvalue weighted by molar-refractivity contribution is 5.95. The van der Waals surface area contributed by atoms with Crippen LogP contribution in [0.1, 0.15) is 58.0 Å². The Morgan fingerprint density at radius 2 is 1.81 bits per heavy atom. The highest BCUT2D eigenvalue weighted by Crippen LogP contribution is 2.21. The van der Waals surface area contributed by atoms with Crippen LogP contribution in [-0.2, 0) is 9.59 Å². The molecule has 2 rings (SSSR count). The molecule has 27 heavy (non-hydrogen) atoms. The lowest BCUT2D eigenvalue weighted by Gasteiger charge is -2.36. The topological polar surface area (TPSA) is 91.7 Å². The lowest BCUT2D eigenvalue weighted by atomic mass is 9.93. The summed E-state index contributed by atoms with van der Waals surface area (Å²) in [5, 5.41) is 5.77. The maximum Gasteiger partial charge on any atom is 0.287 e. The van der Waals surface area contributed by atoms with Gasteiger partial charge in [0.05, 0.1) is 6.26 Å². The zero-order valence-corrected chi connectivity index (χ0v) is 16.9. The second-order valence-corrected chi connectivity index (χ2v) is 8.50. The van der Waals surface area contributed by atoms with E-state index in [1.807, 2.05) is 39.5 Å². The minimum absolute atomic E-state index is 0.00304. The molecule has 150 valence electrons. The quantitative estimate of drug-likeness (QED) is 0.823. The summed E-state index contributed by atoms with van der Waals surface area (Å²) >= 11 is 0. The van der Waals surface area contributed by atoms with E-state index in [-0.39, 0.29) is 29.5 Å². The monoisotopic (exact) mass is 377 g/mol. The minimum Gasteiger partial charge on any atom is -0.459 e. The summed E-state index contributed by atoms with van der Waals surface area (Å²) in [4.78, 5) is 39.1. The number of likely N-dealkylation sites (tertiary alicyclic amines) is 1. The van der Waals surface area contributed by atoms with Crippen molar-refractivity contribution in [2.45, 2.75) is 59.5 Å². The van der Waals surface area contributed by atoms with Crippen LogP contribution in [-0.4, -0.2) is 47.8 Å². The number of hydrogen-bond donors (Lipinski definition) is 2. The maximum absolute atomic E-state index is 12.7. The molecule has 1 saturated heterocycles. The van der Waals surface area contributed by atoms with Gasteiger partial charge in [-0.1, -0.05) is 34.6 Å². The van der Waals surface area contributed by atoms with Gasteiger partial charge in [-0.25, -0.2) is 0 Å². The first-order valence-electron chi connectivity index (χ1n) is 9.53. The van der Waals surface area contributed by atoms with Crippen LogP contribution in [0.4, 0.5) is 0 Å². The molecule has 1 atom stereocenters. The van der Waals surface area contributed by atoms with Gasteiger partial charge in [-0.05, 0) is 30.9 Å². The first kappa shape index (κ1) is 21.0. The number of amides is 3. The van der Waals surface area contributed by atoms with Crippen LogP contribution < -0.4 is 10.6 Å². The smallest absolute Gasteiger partial charge is 0.287 e. The summed E-state index contributed by atoms with van der Waals surface area (Å²) < 4.78 is 5.09. The first-order valence-corrected chi connectivity index (χ1v) is 9.53. The van der Waals surface area contributed by atoms with Gasteiger partial charge < -0.3 is 20.0 Å². The van der Waals surface area contributed by atoms with Gasteiger partial charge in [0.2, 0.25) is 11.8 Å². The predicted octanol–water partition coefficient (Wildman–Crippen LogP) is 2.19. The van der Waals surface area contributed by atoms with Crippen LogP contribution in [0, 0.1) is 11.3 Å². The molecule has 1 fully saturated rings. The molecular formula is C20H31N3O4. The average molecular weight is 377 g/mol. The Balaban J connectivity index is 1.89. The van der Waals surface area contributed by atoms with E-state index in [9.17, 15) is 14.4 Å². The van der Waals surface area contributed by atoms with Crippen LogP contribution >= 0.6 is 0 Å². The minimum atomic E-state index is -0.642. The standard InChI is InChI=1S/C20H31N3O4/c1-13(2)16(22-17(24)15-7-6-12-27-15)18(25)21-14-8-10-23(11-9-14)19(26)20(3,4)5/h6-7,12-14,16H,8-11H2,1-5H3,(H,21,25)(H,22,24). The van der Waals surface area contributed by atoms with Gasteiger partial charge in [-0.15, -0.1) is 0 Å². The van der Waals surface area contributed by atoms with Gasteiger partial charge in [-0.3, -0.25) is 14.4 Å². The molecule has 0 saturated carbocycles. The molecule has 0 spiro atoms. The van der Waals surface area contributed by atoms with Crippen LogP contribution in [0.5, 0.6) is 0 Å². The fourth-order valence-electron chi connectivity index (χ4n) is 3.15. The molecule has 1 unspecified atom stereocenters. The van der Waals surface area contributed by atoms with E-state index in [2.05, 4.69) is 10.6 Å². The van der Waals surface area contributed by atoms with E-state index in [0.717, 1.165) is 0 Å². The lowest BCUT2D eigenvalue weighted by molar-refractivity contribution is -0.140. The van der Waals surface area contributed by atoms with Gasteiger partial charge in [0.15, 0.2) is 5.76 Å². The third-order valence-corrected chi connectivity index (χ3v) is 4.75. The van der Waals surface area contributed by atoms with Gasteiger partial charge in [0, 0.05) is 24.5 Å². The summed E-state index contributed by atoms with van der Waals surface area (Å²) in [6, 6.07) is 2.55. The molecule has 0 radical (unpaired) electrons. The number of furan rings is 1. The summed E-state index contributed by atoms with van der Waals surface area (Å²) in [6.45, 7) is 10.8. The van der Waals surface area contributed by atoms with Gasteiger partial charge in [-0.2, -0.15) is 0 Å². The molecule has 0 aliphatic carbocycles. The van der Waals surface area contributed by atoms with Crippen molar-refractivity contribution in [2.75, 3.05) is 13.1 Å². The third-order valence-electron chi connectivity index (χ3n) is 4.75. The van der Waals surface area contributed by atoms with Crippen LogP contribution in [0.3, 0.4) is 0 Å². The zero-order valence-electron chi connectivity index (χ0n) is 16.9. The van der Waals surface area contributed by atoms with Crippen LogP contribution in [0.25, 0.3) is 0 Å². The summed E-state index contributed by atoms with van der Waals surface area (Å²) in [7, 11) is 0. The molecule has 1 aromatic rings. The predicted molar refractivity (Wildman–Crippen MR) is 102 cm³/mol. The van der Waals surface area contributed by atoms with Crippen molar-refractivity contribution >= 4 is 17.7 Å². The molecule has 7 nitrogen and oxygen atoms in total. The number of carbonyl (C=O) groups excluding carboxylic acids is 3. The highest BCUT2D eigenvalue weighted by Gasteiger charge is 2.32. The molecule has 1 aliphatic heterocycles. The Morgan fingerprint density at radius 1 is 1.19 bits per heavy atom. The van der Waals surface area contributed by atoms with E-state index >= 15 is 0 Å². The summed E-state index contributed by atoms with van der Waals surface area (Å²) in [5.74, 6) is -0.350. The van der Waals surface area contributed by atoms with E-state index in [1.54, 1.807) is 12.1 Å². The van der Waals surface area contributed by atoms with Gasteiger partial charge in [0.25, 0.3) is 5.91 Å². The second-order valence-electron chi connectivity index (χ2n) is 8.50. The van der Waals surface area contributed by atoms with E-state index in [4.69, 9.17) is 4.42 Å².